The molecule has 15 heavy (non-hydrogen) atoms. The number of carbonyl (C=O) groups is 1. The Morgan fingerprint density at radius 1 is 1.47 bits per heavy atom. The number of ether oxygens (including phenoxy) is 1. The molecule has 0 saturated carbocycles. The molecule has 0 aromatic heterocycles. The maximum absolute atomic E-state index is 11.6. The van der Waals surface area contributed by atoms with Crippen molar-refractivity contribution in [3.63, 3.8) is 0 Å². The third-order valence-electron chi connectivity index (χ3n) is 2.05. The minimum absolute atomic E-state index is 0. The zero-order valence-corrected chi connectivity index (χ0v) is 9.62. The first-order chi connectivity index (χ1) is 6.38. The van der Waals surface area contributed by atoms with E-state index in [2.05, 4.69) is 0 Å². The summed E-state index contributed by atoms with van der Waals surface area (Å²) in [5.74, 6) is 0. The highest BCUT2D eigenvalue weighted by Crippen LogP contribution is 2.14. The van der Waals surface area contributed by atoms with Gasteiger partial charge in [-0.25, -0.2) is 4.79 Å². The van der Waals surface area contributed by atoms with E-state index in [1.165, 1.54) is 0 Å². The maximum Gasteiger partial charge on any atom is 0.410 e. The maximum atomic E-state index is 11.6. The lowest BCUT2D eigenvalue weighted by Crippen LogP contribution is -2.44. The van der Waals surface area contributed by atoms with Gasteiger partial charge in [0.15, 0.2) is 0 Å². The fourth-order valence-corrected chi connectivity index (χ4v) is 1.45. The zero-order chi connectivity index (χ0) is 10.8. The Hall–Kier alpha value is -0.810. The van der Waals surface area contributed by atoms with E-state index >= 15 is 0 Å². The quantitative estimate of drug-likeness (QED) is 0.646. The minimum Gasteiger partial charge on any atom is -0.444 e. The highest BCUT2D eigenvalue weighted by atomic mass is 16.6. The predicted octanol–water partition coefficient (Wildman–Crippen LogP) is 0.553. The number of carbonyl (C=O) groups excluding carboxylic acids is 1. The highest BCUT2D eigenvalue weighted by molar-refractivity contribution is 5.68. The van der Waals surface area contributed by atoms with Gasteiger partial charge in [-0.15, -0.1) is 0 Å². The summed E-state index contributed by atoms with van der Waals surface area (Å²) in [7, 11) is 0. The van der Waals surface area contributed by atoms with Crippen molar-refractivity contribution in [1.29, 1.82) is 0 Å². The van der Waals surface area contributed by atoms with Gasteiger partial charge in [-0.05, 0) is 33.6 Å². The number of hydrogen-bond acceptors (Lipinski definition) is 3. The van der Waals surface area contributed by atoms with Crippen molar-refractivity contribution in [2.45, 2.75) is 45.3 Å². The zero-order valence-electron chi connectivity index (χ0n) is 9.62. The molecule has 1 saturated heterocycles. The molecule has 3 N–H and O–H groups in total. The van der Waals surface area contributed by atoms with Crippen LogP contribution in [-0.4, -0.2) is 46.4 Å². The smallest absolute Gasteiger partial charge is 0.410 e. The predicted molar refractivity (Wildman–Crippen MR) is 56.7 cm³/mol. The SMILES string of the molecule is CC(C)(C)OC(=O)N1CCC[C@H](O)C1.O. The van der Waals surface area contributed by atoms with Crippen LogP contribution in [0.5, 0.6) is 0 Å². The number of piperidine rings is 1. The number of hydrogen-bond donors (Lipinski definition) is 1. The summed E-state index contributed by atoms with van der Waals surface area (Å²) in [4.78, 5) is 13.1. The Bertz CT molecular complexity index is 212. The van der Waals surface area contributed by atoms with Gasteiger partial charge in [0.1, 0.15) is 5.60 Å². The molecular formula is C10H21NO4. The molecule has 0 aromatic carbocycles. The molecule has 0 unspecified atom stereocenters. The van der Waals surface area contributed by atoms with Crippen molar-refractivity contribution < 1.29 is 20.1 Å². The van der Waals surface area contributed by atoms with E-state index in [9.17, 15) is 9.90 Å². The third-order valence-corrected chi connectivity index (χ3v) is 2.05. The Morgan fingerprint density at radius 3 is 2.53 bits per heavy atom. The first-order valence-corrected chi connectivity index (χ1v) is 5.04. The first-order valence-electron chi connectivity index (χ1n) is 5.04. The average molecular weight is 219 g/mol. The number of aliphatic hydroxyl groups excluding tert-OH is 1. The number of rotatable bonds is 0. The van der Waals surface area contributed by atoms with Gasteiger partial charge in [-0.3, -0.25) is 0 Å². The van der Waals surface area contributed by atoms with E-state index in [-0.39, 0.29) is 11.6 Å². The molecule has 0 spiro atoms. The molecule has 90 valence electrons. The third kappa shape index (κ3) is 4.99. The largest absolute Gasteiger partial charge is 0.444 e. The van der Waals surface area contributed by atoms with Gasteiger partial charge in [0.25, 0.3) is 0 Å². The molecule has 5 nitrogen and oxygen atoms in total. The Labute approximate surface area is 90.3 Å². The van der Waals surface area contributed by atoms with Crippen LogP contribution in [-0.2, 0) is 4.74 Å². The van der Waals surface area contributed by atoms with Crippen LogP contribution in [0.25, 0.3) is 0 Å². The molecule has 0 aliphatic carbocycles. The Kier molecular flexibility index (Phi) is 5.03. The topological polar surface area (TPSA) is 81.3 Å². The Balaban J connectivity index is 0.00000196. The van der Waals surface area contributed by atoms with E-state index < -0.39 is 11.7 Å². The lowest BCUT2D eigenvalue weighted by molar-refractivity contribution is 0.00391. The summed E-state index contributed by atoms with van der Waals surface area (Å²) in [5, 5.41) is 9.38. The van der Waals surface area contributed by atoms with Crippen molar-refractivity contribution in [2.24, 2.45) is 0 Å². The van der Waals surface area contributed by atoms with Crippen LogP contribution in [0.1, 0.15) is 33.6 Å². The standard InChI is InChI=1S/C10H19NO3.H2O/c1-10(2,3)14-9(13)11-6-4-5-8(12)7-11;/h8,12H,4-7H2,1-3H3;1H2/t8-;/m0./s1. The molecule has 1 aliphatic rings. The molecular weight excluding hydrogens is 198 g/mol. The van der Waals surface area contributed by atoms with Gasteiger partial charge >= 0.3 is 6.09 Å². The number of amides is 1. The molecule has 1 amide bonds. The van der Waals surface area contributed by atoms with Gasteiger partial charge in [0.2, 0.25) is 0 Å². The van der Waals surface area contributed by atoms with Gasteiger partial charge in [0, 0.05) is 13.1 Å². The fourth-order valence-electron chi connectivity index (χ4n) is 1.45. The van der Waals surface area contributed by atoms with Crippen LogP contribution >= 0.6 is 0 Å². The molecule has 5 heteroatoms. The van der Waals surface area contributed by atoms with Crippen LogP contribution in [0.4, 0.5) is 4.79 Å². The van der Waals surface area contributed by atoms with Crippen molar-refractivity contribution in [3.05, 3.63) is 0 Å². The molecule has 0 radical (unpaired) electrons. The minimum atomic E-state index is -0.459. The van der Waals surface area contributed by atoms with Crippen molar-refractivity contribution in [2.75, 3.05) is 13.1 Å². The van der Waals surface area contributed by atoms with Gasteiger partial charge in [-0.1, -0.05) is 0 Å². The van der Waals surface area contributed by atoms with E-state index in [4.69, 9.17) is 4.74 Å². The van der Waals surface area contributed by atoms with E-state index in [0.717, 1.165) is 12.8 Å². The second-order valence-corrected chi connectivity index (χ2v) is 4.72. The summed E-state index contributed by atoms with van der Waals surface area (Å²) in [6, 6.07) is 0. The average Bonchev–Trinajstić information content (AvgIpc) is 2.01. The second-order valence-electron chi connectivity index (χ2n) is 4.72. The first kappa shape index (κ1) is 14.2. The highest BCUT2D eigenvalue weighted by Gasteiger charge is 2.26. The second kappa shape index (κ2) is 5.32. The lowest BCUT2D eigenvalue weighted by Gasteiger charge is -2.32. The molecule has 0 aromatic rings. The van der Waals surface area contributed by atoms with E-state index in [1.54, 1.807) is 4.90 Å². The monoisotopic (exact) mass is 219 g/mol. The van der Waals surface area contributed by atoms with Crippen LogP contribution < -0.4 is 0 Å². The van der Waals surface area contributed by atoms with Crippen LogP contribution in [0.2, 0.25) is 0 Å². The van der Waals surface area contributed by atoms with Gasteiger partial charge < -0.3 is 20.2 Å². The summed E-state index contributed by atoms with van der Waals surface area (Å²) < 4.78 is 5.20. The molecule has 1 fully saturated rings. The lowest BCUT2D eigenvalue weighted by atomic mass is 10.1. The summed E-state index contributed by atoms with van der Waals surface area (Å²) in [5.41, 5.74) is -0.459. The van der Waals surface area contributed by atoms with Crippen LogP contribution in [0, 0.1) is 0 Å². The number of likely N-dealkylation sites (tertiary alicyclic amines) is 1. The van der Waals surface area contributed by atoms with Crippen LogP contribution in [0.15, 0.2) is 0 Å². The van der Waals surface area contributed by atoms with E-state index in [1.807, 2.05) is 20.8 Å². The molecule has 1 aliphatic heterocycles. The molecule has 1 heterocycles. The Morgan fingerprint density at radius 2 is 2.07 bits per heavy atom. The summed E-state index contributed by atoms with van der Waals surface area (Å²) >= 11 is 0. The van der Waals surface area contributed by atoms with Crippen LogP contribution in [0.3, 0.4) is 0 Å². The van der Waals surface area contributed by atoms with Crippen molar-refractivity contribution >= 4 is 6.09 Å². The van der Waals surface area contributed by atoms with Gasteiger partial charge in [0.05, 0.1) is 6.10 Å². The number of β-amino-alcohol motifs (C(OH)–C–C–N with tert-alkyl or cyclic N) is 1. The molecule has 1 rings (SSSR count). The normalized spacial score (nSPS) is 21.9. The summed E-state index contributed by atoms with van der Waals surface area (Å²) in [6.45, 7) is 6.60. The number of aliphatic hydroxyl groups is 1. The number of nitrogens with zero attached hydrogens (tertiary/aromatic N) is 1. The van der Waals surface area contributed by atoms with Crippen molar-refractivity contribution in [3.8, 4) is 0 Å². The fraction of sp³-hybridized carbons (Fsp3) is 0.900. The van der Waals surface area contributed by atoms with Crippen molar-refractivity contribution in [1.82, 2.24) is 4.90 Å². The molecule has 1 atom stereocenters. The molecule has 0 bridgehead atoms. The van der Waals surface area contributed by atoms with Gasteiger partial charge in [-0.2, -0.15) is 0 Å². The van der Waals surface area contributed by atoms with E-state index in [0.29, 0.717) is 13.1 Å². The summed E-state index contributed by atoms with van der Waals surface area (Å²) in [6.07, 6.45) is 0.909.